The maximum absolute atomic E-state index is 9.80. The van der Waals surface area contributed by atoms with E-state index in [-0.39, 0.29) is 0 Å². The highest BCUT2D eigenvalue weighted by Crippen LogP contribution is 2.15. The quantitative estimate of drug-likeness (QED) is 0.673. The van der Waals surface area contributed by atoms with Gasteiger partial charge in [-0.1, -0.05) is 54.5 Å². The van der Waals surface area contributed by atoms with Crippen LogP contribution >= 0.6 is 11.8 Å². The van der Waals surface area contributed by atoms with Gasteiger partial charge in [0.15, 0.2) is 0 Å². The first-order chi connectivity index (χ1) is 9.34. The van der Waals surface area contributed by atoms with Crippen LogP contribution in [0.5, 0.6) is 0 Å². The van der Waals surface area contributed by atoms with E-state index < -0.39 is 6.10 Å². The lowest BCUT2D eigenvalue weighted by Crippen LogP contribution is -2.04. The molecule has 2 rings (SSSR count). The molecule has 2 heteroatoms. The number of hydrogen-bond acceptors (Lipinski definition) is 2. The number of thioether (sulfide) groups is 1. The van der Waals surface area contributed by atoms with Crippen LogP contribution in [0.15, 0.2) is 65.6 Å². The van der Waals surface area contributed by atoms with E-state index >= 15 is 0 Å². The fourth-order valence-corrected chi connectivity index (χ4v) is 2.27. The van der Waals surface area contributed by atoms with Crippen LogP contribution in [0, 0.1) is 11.2 Å². The Balaban J connectivity index is 1.77. The van der Waals surface area contributed by atoms with Crippen LogP contribution in [-0.2, 0) is 6.42 Å². The van der Waals surface area contributed by atoms with E-state index in [4.69, 9.17) is 0 Å². The lowest BCUT2D eigenvalue weighted by Gasteiger charge is -2.03. The molecule has 1 atom stereocenters. The average Bonchev–Trinajstić information content (AvgIpc) is 2.47. The molecule has 0 aliphatic rings. The van der Waals surface area contributed by atoms with Crippen molar-refractivity contribution >= 4 is 11.8 Å². The lowest BCUT2D eigenvalue weighted by atomic mass is 10.1. The Hall–Kier alpha value is -1.69. The minimum atomic E-state index is -0.559. The fourth-order valence-electron chi connectivity index (χ4n) is 1.67. The van der Waals surface area contributed by atoms with Gasteiger partial charge in [0.25, 0.3) is 0 Å². The predicted molar refractivity (Wildman–Crippen MR) is 80.8 cm³/mol. The lowest BCUT2D eigenvalue weighted by molar-refractivity contribution is 0.222. The number of rotatable bonds is 4. The molecule has 0 saturated heterocycles. The first-order valence-electron chi connectivity index (χ1n) is 6.29. The number of aliphatic hydroxyl groups is 1. The summed E-state index contributed by atoms with van der Waals surface area (Å²) in [4.78, 5) is 1.10. The van der Waals surface area contributed by atoms with E-state index in [1.165, 1.54) is 17.3 Å². The molecule has 0 aromatic heterocycles. The van der Waals surface area contributed by atoms with Gasteiger partial charge in [0.1, 0.15) is 6.10 Å². The molecule has 0 spiro atoms. The summed E-state index contributed by atoms with van der Waals surface area (Å²) in [5, 5.41) is 12.8. The third-order valence-corrected chi connectivity index (χ3v) is 3.41. The van der Waals surface area contributed by atoms with E-state index in [0.29, 0.717) is 6.42 Å². The normalized spacial score (nSPS) is 11.4. The Morgan fingerprint density at radius 2 is 1.58 bits per heavy atom. The van der Waals surface area contributed by atoms with Crippen molar-refractivity contribution in [3.63, 3.8) is 0 Å². The molecule has 2 aromatic carbocycles. The third kappa shape index (κ3) is 5.21. The zero-order valence-electron chi connectivity index (χ0n) is 10.6. The molecule has 19 heavy (non-hydrogen) atoms. The average molecular weight is 268 g/mol. The molecule has 0 radical (unpaired) electrons. The minimum absolute atomic E-state index is 0.559. The maximum Gasteiger partial charge on any atom is 0.115 e. The Bertz CT molecular complexity index is 540. The highest BCUT2D eigenvalue weighted by Gasteiger charge is 2.00. The molecule has 0 heterocycles. The van der Waals surface area contributed by atoms with Crippen LogP contribution < -0.4 is 0 Å². The topological polar surface area (TPSA) is 20.2 Å². The van der Waals surface area contributed by atoms with E-state index in [2.05, 4.69) is 23.3 Å². The van der Waals surface area contributed by atoms with Crippen molar-refractivity contribution in [3.05, 3.63) is 66.2 Å². The monoisotopic (exact) mass is 268 g/mol. The van der Waals surface area contributed by atoms with Crippen LogP contribution in [0.2, 0.25) is 0 Å². The van der Waals surface area contributed by atoms with E-state index in [1.807, 2.05) is 48.5 Å². The number of aliphatic hydroxyl groups excluding tert-OH is 1. The molecule has 1 unspecified atom stereocenters. The molecule has 1 N–H and O–H groups in total. The minimum Gasteiger partial charge on any atom is -0.380 e. The summed E-state index contributed by atoms with van der Waals surface area (Å²) in [6.45, 7) is 0. The fraction of sp³-hybridized carbons (Fsp3) is 0.176. The largest absolute Gasteiger partial charge is 0.380 e. The molecule has 0 aliphatic heterocycles. The zero-order valence-corrected chi connectivity index (χ0v) is 11.4. The van der Waals surface area contributed by atoms with Gasteiger partial charge in [-0.2, -0.15) is 0 Å². The van der Waals surface area contributed by atoms with Gasteiger partial charge in [0.05, 0.1) is 0 Å². The molecule has 96 valence electrons. The SMILES string of the molecule is OC(C#CSc1ccccc1)CCc1ccccc1. The van der Waals surface area contributed by atoms with Crippen LogP contribution in [0.1, 0.15) is 12.0 Å². The zero-order chi connectivity index (χ0) is 13.3. The first kappa shape index (κ1) is 13.7. The standard InChI is InChI=1S/C17H16OS/c18-16(12-11-15-7-3-1-4-8-15)13-14-19-17-9-5-2-6-10-17/h1-10,16,18H,11-12H2. The summed E-state index contributed by atoms with van der Waals surface area (Å²) in [5.41, 5.74) is 1.24. The second-order valence-electron chi connectivity index (χ2n) is 4.20. The number of aryl methyl sites for hydroxylation is 1. The highest BCUT2D eigenvalue weighted by molar-refractivity contribution is 8.03. The summed E-state index contributed by atoms with van der Waals surface area (Å²) in [6, 6.07) is 20.1. The molecule has 0 saturated carbocycles. The van der Waals surface area contributed by atoms with Gasteiger partial charge < -0.3 is 5.11 Å². The summed E-state index contributed by atoms with van der Waals surface area (Å²) in [6.07, 6.45) is 0.968. The van der Waals surface area contributed by atoms with Gasteiger partial charge >= 0.3 is 0 Å². The van der Waals surface area contributed by atoms with E-state index in [0.717, 1.165) is 11.3 Å². The van der Waals surface area contributed by atoms with Crippen molar-refractivity contribution in [1.82, 2.24) is 0 Å². The smallest absolute Gasteiger partial charge is 0.115 e. The second kappa shape index (κ2) is 7.68. The number of hydrogen-bond donors (Lipinski definition) is 1. The summed E-state index contributed by atoms with van der Waals surface area (Å²) < 4.78 is 0. The van der Waals surface area contributed by atoms with Crippen LogP contribution in [0.3, 0.4) is 0 Å². The summed E-state index contributed by atoms with van der Waals surface area (Å²) in [5.74, 6) is 2.87. The van der Waals surface area contributed by atoms with E-state index in [1.54, 1.807) is 0 Å². The van der Waals surface area contributed by atoms with E-state index in [9.17, 15) is 5.11 Å². The Morgan fingerprint density at radius 3 is 2.26 bits per heavy atom. The van der Waals surface area contributed by atoms with Crippen molar-refractivity contribution in [2.24, 2.45) is 0 Å². The van der Waals surface area contributed by atoms with Crippen molar-refractivity contribution in [2.45, 2.75) is 23.8 Å². The Kier molecular flexibility index (Phi) is 5.55. The molecule has 0 amide bonds. The van der Waals surface area contributed by atoms with Crippen molar-refractivity contribution < 1.29 is 5.11 Å². The molecule has 0 fully saturated rings. The summed E-state index contributed by atoms with van der Waals surface area (Å²) in [7, 11) is 0. The Labute approximate surface area is 118 Å². The third-order valence-electron chi connectivity index (χ3n) is 2.69. The maximum atomic E-state index is 9.80. The van der Waals surface area contributed by atoms with Crippen molar-refractivity contribution in [2.75, 3.05) is 0 Å². The van der Waals surface area contributed by atoms with Crippen LogP contribution in [0.25, 0.3) is 0 Å². The van der Waals surface area contributed by atoms with Gasteiger partial charge in [-0.25, -0.2) is 0 Å². The molecular formula is C17H16OS. The first-order valence-corrected chi connectivity index (χ1v) is 7.10. The number of benzene rings is 2. The molecule has 2 aromatic rings. The van der Waals surface area contributed by atoms with Gasteiger partial charge in [0, 0.05) is 4.90 Å². The van der Waals surface area contributed by atoms with Crippen LogP contribution in [0.4, 0.5) is 0 Å². The van der Waals surface area contributed by atoms with Crippen molar-refractivity contribution in [3.8, 4) is 11.2 Å². The van der Waals surface area contributed by atoms with Gasteiger partial charge in [0.2, 0.25) is 0 Å². The highest BCUT2D eigenvalue weighted by atomic mass is 32.2. The second-order valence-corrected chi connectivity index (χ2v) is 5.08. The molecule has 1 nitrogen and oxygen atoms in total. The van der Waals surface area contributed by atoms with Gasteiger partial charge in [-0.15, -0.1) is 0 Å². The Morgan fingerprint density at radius 1 is 0.947 bits per heavy atom. The van der Waals surface area contributed by atoms with Crippen LogP contribution in [-0.4, -0.2) is 11.2 Å². The van der Waals surface area contributed by atoms with Gasteiger partial charge in [-0.05, 0) is 47.6 Å². The summed E-state index contributed by atoms with van der Waals surface area (Å²) >= 11 is 1.45. The predicted octanol–water partition coefficient (Wildman–Crippen LogP) is 3.73. The molecule has 0 aliphatic carbocycles. The molecule has 0 bridgehead atoms. The van der Waals surface area contributed by atoms with Crippen molar-refractivity contribution in [1.29, 1.82) is 0 Å². The molecular weight excluding hydrogens is 252 g/mol. The van der Waals surface area contributed by atoms with Gasteiger partial charge in [-0.3, -0.25) is 0 Å².